The number of hydrogen-bond acceptors (Lipinski definition) is 1. The van der Waals surface area contributed by atoms with Crippen LogP contribution in [0.5, 0.6) is 0 Å². The maximum Gasteiger partial charge on any atom is 0.0340 e. The van der Waals surface area contributed by atoms with Gasteiger partial charge in [0.25, 0.3) is 0 Å². The van der Waals surface area contributed by atoms with Gasteiger partial charge in [0.15, 0.2) is 0 Å². The lowest BCUT2D eigenvalue weighted by Crippen LogP contribution is -2.11. The molecule has 0 heterocycles. The Labute approximate surface area is 123 Å². The van der Waals surface area contributed by atoms with Gasteiger partial charge >= 0.3 is 0 Å². The van der Waals surface area contributed by atoms with Crippen molar-refractivity contribution in [1.29, 1.82) is 0 Å². The summed E-state index contributed by atoms with van der Waals surface area (Å²) in [4.78, 5) is 0. The highest BCUT2D eigenvalue weighted by Crippen LogP contribution is 2.23. The number of aryl methyl sites for hydroxylation is 1. The second kappa shape index (κ2) is 6.13. The van der Waals surface area contributed by atoms with E-state index in [9.17, 15) is 0 Å². The summed E-state index contributed by atoms with van der Waals surface area (Å²) < 4.78 is 0. The average molecular weight is 267 g/mol. The molecule has 0 saturated carbocycles. The quantitative estimate of drug-likeness (QED) is 0.826. The van der Waals surface area contributed by atoms with Crippen molar-refractivity contribution in [1.82, 2.24) is 0 Å². The van der Waals surface area contributed by atoms with Crippen molar-refractivity contribution in [3.8, 4) is 0 Å². The predicted octanol–water partition coefficient (Wildman–Crippen LogP) is 4.95. The van der Waals surface area contributed by atoms with Crippen LogP contribution in [0.4, 0.5) is 5.69 Å². The summed E-state index contributed by atoms with van der Waals surface area (Å²) in [5.74, 6) is 0. The first-order chi connectivity index (χ1) is 9.45. The van der Waals surface area contributed by atoms with E-state index in [4.69, 9.17) is 0 Å². The van der Waals surface area contributed by atoms with E-state index in [1.165, 1.54) is 22.4 Å². The van der Waals surface area contributed by atoms with Crippen LogP contribution in [0.1, 0.15) is 37.5 Å². The van der Waals surface area contributed by atoms with E-state index in [1.54, 1.807) is 0 Å². The van der Waals surface area contributed by atoms with Gasteiger partial charge < -0.3 is 5.32 Å². The van der Waals surface area contributed by atoms with Gasteiger partial charge in [0.2, 0.25) is 0 Å². The van der Waals surface area contributed by atoms with Gasteiger partial charge in [-0.2, -0.15) is 0 Å². The van der Waals surface area contributed by atoms with E-state index in [2.05, 4.69) is 81.5 Å². The fourth-order valence-corrected chi connectivity index (χ4v) is 2.19. The zero-order chi connectivity index (χ0) is 14.6. The molecule has 0 bridgehead atoms. The zero-order valence-corrected chi connectivity index (χ0v) is 13.0. The highest BCUT2D eigenvalue weighted by molar-refractivity contribution is 5.45. The molecule has 0 amide bonds. The van der Waals surface area contributed by atoms with Gasteiger partial charge in [-0.05, 0) is 42.0 Å². The molecule has 2 rings (SSSR count). The van der Waals surface area contributed by atoms with E-state index < -0.39 is 0 Å². The molecule has 0 spiro atoms. The Morgan fingerprint density at radius 3 is 2.00 bits per heavy atom. The second-order valence-electron chi connectivity index (χ2n) is 6.49. The molecular weight excluding hydrogens is 242 g/mol. The van der Waals surface area contributed by atoms with Crippen LogP contribution in [0, 0.1) is 6.92 Å². The van der Waals surface area contributed by atoms with Crippen LogP contribution in [0.2, 0.25) is 0 Å². The number of nitrogens with one attached hydrogen (secondary N) is 1. The van der Waals surface area contributed by atoms with Crippen molar-refractivity contribution >= 4 is 5.69 Å². The minimum absolute atomic E-state index is 0.223. The Morgan fingerprint density at radius 1 is 0.850 bits per heavy atom. The number of rotatable bonds is 4. The molecular formula is C19H25N. The monoisotopic (exact) mass is 267 g/mol. The van der Waals surface area contributed by atoms with E-state index in [-0.39, 0.29) is 5.41 Å². The number of anilines is 1. The van der Waals surface area contributed by atoms with E-state index in [0.717, 1.165) is 13.0 Å². The molecule has 2 aromatic rings. The van der Waals surface area contributed by atoms with Gasteiger partial charge in [-0.25, -0.2) is 0 Å². The largest absolute Gasteiger partial charge is 0.385 e. The molecule has 0 aromatic heterocycles. The van der Waals surface area contributed by atoms with Crippen LogP contribution in [0.3, 0.4) is 0 Å². The maximum absolute atomic E-state index is 3.49. The molecule has 1 N–H and O–H groups in total. The van der Waals surface area contributed by atoms with Crippen LogP contribution in [0.15, 0.2) is 48.5 Å². The first-order valence-corrected chi connectivity index (χ1v) is 7.35. The minimum Gasteiger partial charge on any atom is -0.385 e. The summed E-state index contributed by atoms with van der Waals surface area (Å²) in [6.07, 6.45) is 1.06. The van der Waals surface area contributed by atoms with Crippen molar-refractivity contribution in [2.24, 2.45) is 0 Å². The fourth-order valence-electron chi connectivity index (χ4n) is 2.19. The molecule has 0 aliphatic heterocycles. The SMILES string of the molecule is Cc1ccc(CCNc2ccc(C(C)(C)C)cc2)cc1. The molecule has 0 radical (unpaired) electrons. The van der Waals surface area contributed by atoms with Gasteiger partial charge in [0.1, 0.15) is 0 Å². The molecule has 0 fully saturated rings. The molecule has 106 valence electrons. The highest BCUT2D eigenvalue weighted by Gasteiger charge is 2.12. The topological polar surface area (TPSA) is 12.0 Å². The molecule has 0 atom stereocenters. The molecule has 0 aliphatic carbocycles. The zero-order valence-electron chi connectivity index (χ0n) is 13.0. The van der Waals surface area contributed by atoms with Crippen LogP contribution in [-0.2, 0) is 11.8 Å². The Morgan fingerprint density at radius 2 is 1.45 bits per heavy atom. The summed E-state index contributed by atoms with van der Waals surface area (Å²) in [7, 11) is 0. The lowest BCUT2D eigenvalue weighted by molar-refractivity contribution is 0.590. The van der Waals surface area contributed by atoms with Crippen molar-refractivity contribution in [3.05, 3.63) is 65.2 Å². The van der Waals surface area contributed by atoms with Crippen LogP contribution in [0.25, 0.3) is 0 Å². The van der Waals surface area contributed by atoms with Gasteiger partial charge in [-0.15, -0.1) is 0 Å². The van der Waals surface area contributed by atoms with Gasteiger partial charge in [0, 0.05) is 12.2 Å². The standard InChI is InChI=1S/C19H25N/c1-15-5-7-16(8-6-15)13-14-20-18-11-9-17(10-12-18)19(2,3)4/h5-12,20H,13-14H2,1-4H3. The summed E-state index contributed by atoms with van der Waals surface area (Å²) >= 11 is 0. The van der Waals surface area contributed by atoms with Crippen LogP contribution < -0.4 is 5.32 Å². The van der Waals surface area contributed by atoms with E-state index in [0.29, 0.717) is 0 Å². The summed E-state index contributed by atoms with van der Waals surface area (Å²) in [5, 5.41) is 3.49. The van der Waals surface area contributed by atoms with Crippen molar-refractivity contribution in [3.63, 3.8) is 0 Å². The lowest BCUT2D eigenvalue weighted by atomic mass is 9.87. The molecule has 0 saturated heterocycles. The average Bonchev–Trinajstić information content (AvgIpc) is 2.41. The van der Waals surface area contributed by atoms with E-state index in [1.807, 2.05) is 0 Å². The van der Waals surface area contributed by atoms with Crippen molar-refractivity contribution in [2.75, 3.05) is 11.9 Å². The maximum atomic E-state index is 3.49. The van der Waals surface area contributed by atoms with Crippen molar-refractivity contribution < 1.29 is 0 Å². The summed E-state index contributed by atoms with van der Waals surface area (Å²) in [5.41, 5.74) is 5.50. The first kappa shape index (κ1) is 14.6. The van der Waals surface area contributed by atoms with E-state index >= 15 is 0 Å². The highest BCUT2D eigenvalue weighted by atomic mass is 14.9. The van der Waals surface area contributed by atoms with Gasteiger partial charge in [0.05, 0.1) is 0 Å². The van der Waals surface area contributed by atoms with Crippen molar-refractivity contribution in [2.45, 2.75) is 39.5 Å². The van der Waals surface area contributed by atoms with Crippen LogP contribution in [-0.4, -0.2) is 6.54 Å². The minimum atomic E-state index is 0.223. The first-order valence-electron chi connectivity index (χ1n) is 7.35. The molecule has 2 aromatic carbocycles. The Kier molecular flexibility index (Phi) is 4.49. The fraction of sp³-hybridized carbons (Fsp3) is 0.368. The third-order valence-electron chi connectivity index (χ3n) is 3.61. The molecule has 0 unspecified atom stereocenters. The second-order valence-corrected chi connectivity index (χ2v) is 6.49. The Hall–Kier alpha value is -1.76. The third-order valence-corrected chi connectivity index (χ3v) is 3.61. The molecule has 1 nitrogen and oxygen atoms in total. The van der Waals surface area contributed by atoms with Crippen LogP contribution >= 0.6 is 0 Å². The normalized spacial score (nSPS) is 11.4. The molecule has 1 heteroatoms. The number of hydrogen-bond donors (Lipinski definition) is 1. The summed E-state index contributed by atoms with van der Waals surface area (Å²) in [6.45, 7) is 9.82. The smallest absolute Gasteiger partial charge is 0.0340 e. The number of benzene rings is 2. The Balaban J connectivity index is 1.87. The lowest BCUT2D eigenvalue weighted by Gasteiger charge is -2.19. The summed E-state index contributed by atoms with van der Waals surface area (Å²) in [6, 6.07) is 17.5. The third kappa shape index (κ3) is 4.12. The molecule has 20 heavy (non-hydrogen) atoms. The predicted molar refractivity (Wildman–Crippen MR) is 88.5 cm³/mol. The Bertz CT molecular complexity index is 529. The van der Waals surface area contributed by atoms with Gasteiger partial charge in [-0.1, -0.05) is 62.7 Å². The van der Waals surface area contributed by atoms with Gasteiger partial charge in [-0.3, -0.25) is 0 Å². The molecule has 0 aliphatic rings.